The third-order valence-electron chi connectivity index (χ3n) is 3.92. The van der Waals surface area contributed by atoms with Crippen LogP contribution in [0.4, 0.5) is 0 Å². The second kappa shape index (κ2) is 7.49. The molecule has 0 radical (unpaired) electrons. The summed E-state index contributed by atoms with van der Waals surface area (Å²) in [6, 6.07) is 0. The molecule has 0 aliphatic carbocycles. The molecule has 6 atom stereocenters. The molecule has 2 rings (SSSR count). The highest BCUT2D eigenvalue weighted by atomic mass is 28.5. The highest BCUT2D eigenvalue weighted by Crippen LogP contribution is 2.31. The first-order chi connectivity index (χ1) is 10.4. The Morgan fingerprint density at radius 2 is 1.13 bits per heavy atom. The van der Waals surface area contributed by atoms with Crippen molar-refractivity contribution < 1.29 is 24.7 Å². The van der Waals surface area contributed by atoms with E-state index in [9.17, 15) is 0 Å². The second-order valence-electron chi connectivity index (χ2n) is 7.54. The van der Waals surface area contributed by atoms with Gasteiger partial charge in [0.05, 0.1) is 0 Å². The Morgan fingerprint density at radius 1 is 0.783 bits per heavy atom. The quantitative estimate of drug-likeness (QED) is 0.612. The average Bonchev–Trinajstić information content (AvgIpc) is 2.19. The van der Waals surface area contributed by atoms with Crippen LogP contribution in [0.5, 0.6) is 0 Å². The van der Waals surface area contributed by atoms with Gasteiger partial charge in [-0.15, -0.1) is 0 Å². The highest BCUT2D eigenvalue weighted by Gasteiger charge is 2.51. The molecule has 2 heterocycles. The first kappa shape index (κ1) is 20.6. The minimum Gasteiger partial charge on any atom is -0.441 e. The molecule has 0 aromatic heterocycles. The van der Waals surface area contributed by atoms with Gasteiger partial charge in [0.15, 0.2) is 18.1 Å². The Labute approximate surface area is 150 Å². The summed E-state index contributed by atoms with van der Waals surface area (Å²) in [4.78, 5) is 0. The van der Waals surface area contributed by atoms with Gasteiger partial charge in [-0.25, -0.2) is 0 Å². The van der Waals surface area contributed by atoms with Crippen molar-refractivity contribution in [1.29, 1.82) is 0 Å². The van der Waals surface area contributed by atoms with Crippen LogP contribution in [0.25, 0.3) is 0 Å². The van der Waals surface area contributed by atoms with Crippen molar-refractivity contribution in [2.75, 3.05) is 0 Å². The lowest BCUT2D eigenvalue weighted by Gasteiger charge is -2.45. The van der Waals surface area contributed by atoms with E-state index >= 15 is 0 Å². The summed E-state index contributed by atoms with van der Waals surface area (Å²) >= 11 is 0. The molecule has 13 heteroatoms. The molecule has 0 N–H and O–H groups in total. The predicted molar refractivity (Wildman–Crippen MR) is 109 cm³/mol. The summed E-state index contributed by atoms with van der Waals surface area (Å²) in [6.07, 6.45) is 0. The Balaban J connectivity index is 2.03. The van der Waals surface area contributed by atoms with E-state index in [1.54, 1.807) is 0 Å². The first-order valence-electron chi connectivity index (χ1n) is 8.47. The molecule has 0 amide bonds. The fraction of sp³-hybridized carbons (Fsp3) is 1.00. The molecule has 2 fully saturated rings. The van der Waals surface area contributed by atoms with Gasteiger partial charge < -0.3 is 24.7 Å². The SMILES string of the molecule is C[SiH]1C[Si](C)(O[Si](C)(C)O[Si]2(C)C[SiH](C)O[SiH](C)O2)O[SiH](C)O1. The monoisotopic (exact) mass is 444 g/mol. The van der Waals surface area contributed by atoms with Crippen molar-refractivity contribution in [2.24, 2.45) is 0 Å². The third-order valence-corrected chi connectivity index (χ3v) is 35.3. The number of hydrogen-bond acceptors (Lipinski definition) is 6. The van der Waals surface area contributed by atoms with Crippen molar-refractivity contribution in [1.82, 2.24) is 0 Å². The smallest absolute Gasteiger partial charge is 0.316 e. The van der Waals surface area contributed by atoms with Crippen LogP contribution < -0.4 is 0 Å². The van der Waals surface area contributed by atoms with E-state index in [4.69, 9.17) is 24.7 Å². The average molecular weight is 445 g/mol. The van der Waals surface area contributed by atoms with Crippen LogP contribution in [0, 0.1) is 0 Å². The maximum atomic E-state index is 6.61. The highest BCUT2D eigenvalue weighted by molar-refractivity contribution is 6.95. The fourth-order valence-corrected chi connectivity index (χ4v) is 41.8. The van der Waals surface area contributed by atoms with Gasteiger partial charge in [-0.1, -0.05) is 0 Å². The molecule has 0 saturated carbocycles. The van der Waals surface area contributed by atoms with E-state index in [0.717, 1.165) is 11.3 Å². The lowest BCUT2D eigenvalue weighted by molar-refractivity contribution is 0.269. The molecule has 136 valence electrons. The van der Waals surface area contributed by atoms with E-state index in [0.29, 0.717) is 0 Å². The fourth-order valence-electron chi connectivity index (χ4n) is 3.84. The Hall–Kier alpha value is 1.28. The molecule has 2 aliphatic heterocycles. The van der Waals surface area contributed by atoms with Gasteiger partial charge in [0.1, 0.15) is 0 Å². The van der Waals surface area contributed by atoms with Crippen molar-refractivity contribution in [3.05, 3.63) is 0 Å². The third kappa shape index (κ3) is 6.19. The summed E-state index contributed by atoms with van der Waals surface area (Å²) in [7, 11) is -11.9. The predicted octanol–water partition coefficient (Wildman–Crippen LogP) is 1.45. The van der Waals surface area contributed by atoms with Crippen LogP contribution in [0.1, 0.15) is 0 Å². The molecular weight excluding hydrogens is 413 g/mol. The van der Waals surface area contributed by atoms with E-state index in [2.05, 4.69) is 52.4 Å². The first-order valence-corrected chi connectivity index (χ1v) is 25.4. The molecule has 0 bridgehead atoms. The van der Waals surface area contributed by atoms with E-state index < -0.39 is 62.3 Å². The summed E-state index contributed by atoms with van der Waals surface area (Å²) in [5.41, 5.74) is 2.03. The lowest BCUT2D eigenvalue weighted by Crippen LogP contribution is -2.63. The van der Waals surface area contributed by atoms with Crippen LogP contribution in [0.2, 0.25) is 63.7 Å². The van der Waals surface area contributed by atoms with Crippen molar-refractivity contribution >= 4 is 62.3 Å². The van der Waals surface area contributed by atoms with Crippen LogP contribution in [-0.2, 0) is 24.7 Å². The Bertz CT molecular complexity index is 371. The molecule has 6 nitrogen and oxygen atoms in total. The van der Waals surface area contributed by atoms with Crippen LogP contribution in [0.3, 0.4) is 0 Å². The molecule has 23 heavy (non-hydrogen) atoms. The molecular formula is C10H32O6Si7. The van der Waals surface area contributed by atoms with Gasteiger partial charge in [-0.3, -0.25) is 0 Å². The summed E-state index contributed by atoms with van der Waals surface area (Å²) < 4.78 is 37.6. The molecule has 0 aromatic carbocycles. The maximum Gasteiger partial charge on any atom is 0.316 e. The Morgan fingerprint density at radius 3 is 1.43 bits per heavy atom. The largest absolute Gasteiger partial charge is 0.441 e. The van der Waals surface area contributed by atoms with E-state index in [1.807, 2.05) is 0 Å². The van der Waals surface area contributed by atoms with Gasteiger partial charge in [-0.05, 0) is 52.4 Å². The van der Waals surface area contributed by atoms with E-state index in [1.165, 1.54) is 0 Å². The second-order valence-corrected chi connectivity index (χ2v) is 29.4. The summed E-state index contributed by atoms with van der Waals surface area (Å²) in [5, 5.41) is 0. The lowest BCUT2D eigenvalue weighted by atomic mass is 11.8. The topological polar surface area (TPSA) is 55.4 Å². The molecule has 2 aliphatic rings. The molecule has 2 saturated heterocycles. The maximum absolute atomic E-state index is 6.61. The van der Waals surface area contributed by atoms with Crippen LogP contribution >= 0.6 is 0 Å². The molecule has 0 aromatic rings. The van der Waals surface area contributed by atoms with Crippen LogP contribution in [-0.4, -0.2) is 62.3 Å². The van der Waals surface area contributed by atoms with Gasteiger partial charge in [0.2, 0.25) is 0 Å². The van der Waals surface area contributed by atoms with Crippen molar-refractivity contribution in [3.63, 3.8) is 0 Å². The number of rotatable bonds is 4. The summed E-state index contributed by atoms with van der Waals surface area (Å²) in [6.45, 7) is 17.4. The van der Waals surface area contributed by atoms with Gasteiger partial charge in [0, 0.05) is 11.3 Å². The Kier molecular flexibility index (Phi) is 6.70. The summed E-state index contributed by atoms with van der Waals surface area (Å²) in [5.74, 6) is 0. The van der Waals surface area contributed by atoms with Crippen molar-refractivity contribution in [2.45, 2.75) is 63.7 Å². The van der Waals surface area contributed by atoms with Crippen LogP contribution in [0.15, 0.2) is 0 Å². The minimum atomic E-state index is -2.29. The van der Waals surface area contributed by atoms with Gasteiger partial charge >= 0.3 is 25.7 Å². The van der Waals surface area contributed by atoms with Crippen molar-refractivity contribution in [3.8, 4) is 0 Å². The number of hydrogen-bond donors (Lipinski definition) is 0. The van der Waals surface area contributed by atoms with E-state index in [-0.39, 0.29) is 0 Å². The van der Waals surface area contributed by atoms with Gasteiger partial charge in [-0.2, -0.15) is 0 Å². The normalized spacial score (nSPS) is 45.9. The minimum absolute atomic E-state index is 1.02. The standard InChI is InChI=1S/C10H32O6Si7/c1-17-9-22(7,13-19(3)11-17)15-21(5,6)16-23(8)10-18(2)12-20(4)14-23/h17-20H,9-10H2,1-8H3. The molecule has 0 spiro atoms. The van der Waals surface area contributed by atoms with Gasteiger partial charge in [0.25, 0.3) is 18.6 Å². The molecule has 6 unspecified atom stereocenters. The zero-order valence-electron chi connectivity index (χ0n) is 15.7. The zero-order chi connectivity index (χ0) is 17.5. The zero-order valence-corrected chi connectivity index (χ0v) is 23.3.